The van der Waals surface area contributed by atoms with Crippen LogP contribution in [0.3, 0.4) is 0 Å². The maximum absolute atomic E-state index is 13.1. The van der Waals surface area contributed by atoms with E-state index in [9.17, 15) is 27.9 Å². The molecule has 0 radical (unpaired) electrons. The van der Waals surface area contributed by atoms with E-state index in [1.807, 2.05) is 0 Å². The van der Waals surface area contributed by atoms with Crippen molar-refractivity contribution in [3.63, 3.8) is 0 Å². The largest absolute Gasteiger partial charge is 0.507 e. The van der Waals surface area contributed by atoms with Gasteiger partial charge in [0.2, 0.25) is 5.78 Å². The molecule has 94 valence electrons. The van der Waals surface area contributed by atoms with Crippen LogP contribution >= 0.6 is 0 Å². The molecule has 0 amide bonds. The van der Waals surface area contributed by atoms with Crippen LogP contribution in [0.1, 0.15) is 16.1 Å². The predicted octanol–water partition coefficient (Wildman–Crippen LogP) is 1.48. The van der Waals surface area contributed by atoms with Gasteiger partial charge in [-0.3, -0.25) is 4.79 Å². The maximum atomic E-state index is 13.1. The summed E-state index contributed by atoms with van der Waals surface area (Å²) >= 11 is 0. The SMILES string of the molecule is Cc1cc(O)c(C(=O)C(F)C(F)CF)c(=O)o1. The number of aromatic hydroxyl groups is 1. The molecule has 0 fully saturated rings. The molecule has 0 aliphatic heterocycles. The van der Waals surface area contributed by atoms with Crippen LogP contribution in [0.4, 0.5) is 13.2 Å². The van der Waals surface area contributed by atoms with E-state index in [2.05, 4.69) is 4.42 Å². The van der Waals surface area contributed by atoms with E-state index in [4.69, 9.17) is 0 Å². The molecule has 4 nitrogen and oxygen atoms in total. The molecule has 1 heterocycles. The van der Waals surface area contributed by atoms with Crippen LogP contribution in [0, 0.1) is 6.92 Å². The molecule has 1 aromatic heterocycles. The number of alkyl halides is 3. The second kappa shape index (κ2) is 5.03. The first-order chi connectivity index (χ1) is 7.88. The van der Waals surface area contributed by atoms with Gasteiger partial charge < -0.3 is 9.52 Å². The molecule has 1 N–H and O–H groups in total. The Morgan fingerprint density at radius 1 is 1.53 bits per heavy atom. The molecule has 0 bridgehead atoms. The van der Waals surface area contributed by atoms with Gasteiger partial charge in [0.15, 0.2) is 12.3 Å². The third-order valence-corrected chi connectivity index (χ3v) is 2.02. The quantitative estimate of drug-likeness (QED) is 0.822. The fraction of sp³-hybridized carbons (Fsp3) is 0.400. The molecule has 0 saturated heterocycles. The third kappa shape index (κ3) is 2.66. The minimum absolute atomic E-state index is 0.00162. The highest BCUT2D eigenvalue weighted by molar-refractivity contribution is 6.01. The first-order valence-corrected chi connectivity index (χ1v) is 4.60. The molecule has 1 rings (SSSR count). The lowest BCUT2D eigenvalue weighted by Crippen LogP contribution is -2.31. The van der Waals surface area contributed by atoms with Gasteiger partial charge >= 0.3 is 5.63 Å². The van der Waals surface area contributed by atoms with Crippen molar-refractivity contribution in [2.45, 2.75) is 19.3 Å². The Morgan fingerprint density at radius 3 is 2.59 bits per heavy atom. The molecule has 0 saturated carbocycles. The number of rotatable bonds is 4. The minimum atomic E-state index is -2.85. The number of hydrogen-bond donors (Lipinski definition) is 1. The van der Waals surface area contributed by atoms with Crippen molar-refractivity contribution < 1.29 is 27.5 Å². The fourth-order valence-electron chi connectivity index (χ4n) is 1.20. The van der Waals surface area contributed by atoms with Gasteiger partial charge in [-0.25, -0.2) is 18.0 Å². The molecule has 0 aliphatic carbocycles. The van der Waals surface area contributed by atoms with Crippen molar-refractivity contribution in [1.82, 2.24) is 0 Å². The lowest BCUT2D eigenvalue weighted by molar-refractivity contribution is 0.0715. The van der Waals surface area contributed by atoms with Crippen LogP contribution < -0.4 is 5.63 Å². The summed E-state index contributed by atoms with van der Waals surface area (Å²) in [5.74, 6) is -2.46. The van der Waals surface area contributed by atoms with Crippen LogP contribution in [-0.4, -0.2) is 29.9 Å². The van der Waals surface area contributed by atoms with E-state index in [1.54, 1.807) is 0 Å². The number of hydrogen-bond acceptors (Lipinski definition) is 4. The van der Waals surface area contributed by atoms with Gasteiger partial charge in [-0.1, -0.05) is 0 Å². The van der Waals surface area contributed by atoms with Crippen LogP contribution in [0.5, 0.6) is 5.75 Å². The summed E-state index contributed by atoms with van der Waals surface area (Å²) in [7, 11) is 0. The van der Waals surface area contributed by atoms with Crippen molar-refractivity contribution in [3.05, 3.63) is 27.8 Å². The van der Waals surface area contributed by atoms with Gasteiger partial charge in [0, 0.05) is 6.07 Å². The number of halogens is 3. The minimum Gasteiger partial charge on any atom is -0.507 e. The summed E-state index contributed by atoms with van der Waals surface area (Å²) < 4.78 is 42.0. The third-order valence-electron chi connectivity index (χ3n) is 2.02. The molecule has 2 unspecified atom stereocenters. The second-order valence-corrected chi connectivity index (χ2v) is 3.34. The van der Waals surface area contributed by atoms with Gasteiger partial charge in [0.25, 0.3) is 0 Å². The summed E-state index contributed by atoms with van der Waals surface area (Å²) in [5.41, 5.74) is -2.31. The van der Waals surface area contributed by atoms with E-state index in [1.165, 1.54) is 6.92 Å². The zero-order valence-electron chi connectivity index (χ0n) is 8.75. The van der Waals surface area contributed by atoms with Gasteiger partial charge in [0.05, 0.1) is 0 Å². The lowest BCUT2D eigenvalue weighted by atomic mass is 10.1. The average Bonchev–Trinajstić information content (AvgIpc) is 2.25. The summed E-state index contributed by atoms with van der Waals surface area (Å²) in [5, 5.41) is 9.28. The van der Waals surface area contributed by atoms with Gasteiger partial charge in [-0.2, -0.15) is 0 Å². The highest BCUT2D eigenvalue weighted by Gasteiger charge is 2.33. The highest BCUT2D eigenvalue weighted by atomic mass is 19.2. The van der Waals surface area contributed by atoms with Crippen molar-refractivity contribution >= 4 is 5.78 Å². The number of ketones is 1. The Morgan fingerprint density at radius 2 is 2.12 bits per heavy atom. The Kier molecular flexibility index (Phi) is 3.93. The molecule has 17 heavy (non-hydrogen) atoms. The maximum Gasteiger partial charge on any atom is 0.350 e. The van der Waals surface area contributed by atoms with E-state index in [0.717, 1.165) is 6.07 Å². The monoisotopic (exact) mass is 250 g/mol. The van der Waals surface area contributed by atoms with Gasteiger partial charge in [-0.15, -0.1) is 0 Å². The van der Waals surface area contributed by atoms with Crippen molar-refractivity contribution in [3.8, 4) is 5.75 Å². The number of Topliss-reactive ketones (excluding diaryl/α,β-unsaturated/α-hetero) is 1. The molecule has 0 aromatic carbocycles. The van der Waals surface area contributed by atoms with Gasteiger partial charge in [-0.05, 0) is 6.92 Å². The van der Waals surface area contributed by atoms with Crippen molar-refractivity contribution in [2.75, 3.05) is 6.67 Å². The smallest absolute Gasteiger partial charge is 0.350 e. The molecule has 1 aromatic rings. The molecule has 2 atom stereocenters. The van der Waals surface area contributed by atoms with Crippen LogP contribution in [-0.2, 0) is 0 Å². The van der Waals surface area contributed by atoms with Crippen molar-refractivity contribution in [2.24, 2.45) is 0 Å². The molecular weight excluding hydrogens is 241 g/mol. The predicted molar refractivity (Wildman–Crippen MR) is 51.5 cm³/mol. The Hall–Kier alpha value is -1.79. The van der Waals surface area contributed by atoms with Crippen molar-refractivity contribution in [1.29, 1.82) is 0 Å². The summed E-state index contributed by atoms with van der Waals surface area (Å²) in [4.78, 5) is 22.5. The van der Waals surface area contributed by atoms with Crippen LogP contribution in [0.25, 0.3) is 0 Å². The number of carbonyl (C=O) groups excluding carboxylic acids is 1. The average molecular weight is 250 g/mol. The normalized spacial score (nSPS) is 14.4. The summed E-state index contributed by atoms with van der Waals surface area (Å²) in [6.07, 6.45) is -5.53. The zero-order valence-corrected chi connectivity index (χ0v) is 8.75. The van der Waals surface area contributed by atoms with Crippen LogP contribution in [0.15, 0.2) is 15.3 Å². The van der Waals surface area contributed by atoms with E-state index in [-0.39, 0.29) is 5.76 Å². The summed E-state index contributed by atoms with van der Waals surface area (Å²) in [6, 6.07) is 0.907. The molecule has 0 aliphatic rings. The number of carbonyl (C=O) groups is 1. The van der Waals surface area contributed by atoms with E-state index >= 15 is 0 Å². The summed E-state index contributed by atoms with van der Waals surface area (Å²) in [6.45, 7) is -0.382. The lowest BCUT2D eigenvalue weighted by Gasteiger charge is -2.09. The Bertz CT molecular complexity index is 483. The zero-order chi connectivity index (χ0) is 13.2. The fourth-order valence-corrected chi connectivity index (χ4v) is 1.20. The van der Waals surface area contributed by atoms with E-state index < -0.39 is 41.7 Å². The Balaban J connectivity index is 3.18. The molecular formula is C10H9F3O4. The second-order valence-electron chi connectivity index (χ2n) is 3.34. The first-order valence-electron chi connectivity index (χ1n) is 4.60. The Labute approximate surface area is 93.7 Å². The van der Waals surface area contributed by atoms with Crippen LogP contribution in [0.2, 0.25) is 0 Å². The topological polar surface area (TPSA) is 67.5 Å². The number of aryl methyl sites for hydroxylation is 1. The molecule has 0 spiro atoms. The highest BCUT2D eigenvalue weighted by Crippen LogP contribution is 2.19. The standard InChI is InChI=1S/C10H9F3O4/c1-4-2-6(14)7(10(16)17-4)9(15)8(13)5(12)3-11/h2,5,8,14H,3H2,1H3. The van der Waals surface area contributed by atoms with E-state index in [0.29, 0.717) is 0 Å². The van der Waals surface area contributed by atoms with Gasteiger partial charge in [0.1, 0.15) is 23.7 Å². The molecule has 7 heteroatoms. The first kappa shape index (κ1) is 13.3.